The first-order valence-corrected chi connectivity index (χ1v) is 6.02. The quantitative estimate of drug-likeness (QED) is 0.368. The first-order chi connectivity index (χ1) is 8.13. The minimum Gasteiger partial charge on any atom is -0.409 e. The van der Waals surface area contributed by atoms with E-state index in [2.05, 4.69) is 17.0 Å². The summed E-state index contributed by atoms with van der Waals surface area (Å²) in [5.74, 6) is 0.722. The maximum Gasteiger partial charge on any atom is 0.173 e. The van der Waals surface area contributed by atoms with Gasteiger partial charge in [-0.3, -0.25) is 0 Å². The second-order valence-corrected chi connectivity index (χ2v) is 4.87. The maximum atomic E-state index is 8.82. The molecule has 1 saturated heterocycles. The van der Waals surface area contributed by atoms with Gasteiger partial charge in [-0.1, -0.05) is 29.7 Å². The summed E-state index contributed by atoms with van der Waals surface area (Å²) in [5, 5.41) is 12.4. The van der Waals surface area contributed by atoms with Crippen molar-refractivity contribution in [2.24, 2.45) is 16.8 Å². The molecule has 0 spiro atoms. The van der Waals surface area contributed by atoms with Crippen LogP contribution in [0.2, 0.25) is 5.02 Å². The zero-order valence-corrected chi connectivity index (χ0v) is 10.5. The molecule has 1 fully saturated rings. The number of anilines is 1. The number of amidine groups is 1. The molecule has 17 heavy (non-hydrogen) atoms. The summed E-state index contributed by atoms with van der Waals surface area (Å²) in [6.07, 6.45) is 1.15. The highest BCUT2D eigenvalue weighted by Crippen LogP contribution is 2.31. The average Bonchev–Trinajstić information content (AvgIpc) is 2.74. The first-order valence-electron chi connectivity index (χ1n) is 5.65. The van der Waals surface area contributed by atoms with Crippen molar-refractivity contribution in [2.45, 2.75) is 13.3 Å². The molecular formula is C12H16ClN3O. The summed E-state index contributed by atoms with van der Waals surface area (Å²) in [4.78, 5) is 2.23. The van der Waals surface area contributed by atoms with Crippen LogP contribution in [0.3, 0.4) is 0 Å². The van der Waals surface area contributed by atoms with Crippen molar-refractivity contribution in [3.63, 3.8) is 0 Å². The van der Waals surface area contributed by atoms with Gasteiger partial charge in [0.05, 0.1) is 10.6 Å². The van der Waals surface area contributed by atoms with Gasteiger partial charge in [0.25, 0.3) is 0 Å². The van der Waals surface area contributed by atoms with Crippen LogP contribution in [0.15, 0.2) is 23.4 Å². The van der Waals surface area contributed by atoms with Crippen molar-refractivity contribution in [3.05, 3.63) is 28.8 Å². The van der Waals surface area contributed by atoms with Gasteiger partial charge in [0.2, 0.25) is 0 Å². The molecule has 0 radical (unpaired) electrons. The molecule has 0 saturated carbocycles. The summed E-state index contributed by atoms with van der Waals surface area (Å²) in [6, 6.07) is 5.59. The minimum atomic E-state index is 0.0603. The Balaban J connectivity index is 2.43. The lowest BCUT2D eigenvalue weighted by atomic mass is 10.1. The fraction of sp³-hybridized carbons (Fsp3) is 0.417. The average molecular weight is 254 g/mol. The molecule has 1 aromatic carbocycles. The zero-order valence-electron chi connectivity index (χ0n) is 9.73. The van der Waals surface area contributed by atoms with E-state index in [0.717, 1.165) is 25.2 Å². The second-order valence-electron chi connectivity index (χ2n) is 4.46. The largest absolute Gasteiger partial charge is 0.409 e. The number of benzene rings is 1. The number of hydrogen-bond donors (Lipinski definition) is 2. The van der Waals surface area contributed by atoms with Gasteiger partial charge in [-0.25, -0.2) is 0 Å². The van der Waals surface area contributed by atoms with Gasteiger partial charge in [0.15, 0.2) is 5.84 Å². The Hall–Kier alpha value is -1.42. The van der Waals surface area contributed by atoms with E-state index < -0.39 is 0 Å². The number of oxime groups is 1. The summed E-state index contributed by atoms with van der Waals surface area (Å²) < 4.78 is 0. The fourth-order valence-electron chi connectivity index (χ4n) is 2.23. The minimum absolute atomic E-state index is 0.0603. The van der Waals surface area contributed by atoms with E-state index in [-0.39, 0.29) is 5.84 Å². The van der Waals surface area contributed by atoms with Crippen molar-refractivity contribution >= 4 is 23.1 Å². The summed E-state index contributed by atoms with van der Waals surface area (Å²) in [7, 11) is 0. The molecule has 0 aromatic heterocycles. The van der Waals surface area contributed by atoms with E-state index in [1.54, 1.807) is 6.07 Å². The van der Waals surface area contributed by atoms with Crippen molar-refractivity contribution in [2.75, 3.05) is 18.0 Å². The van der Waals surface area contributed by atoms with Crippen molar-refractivity contribution in [3.8, 4) is 0 Å². The standard InChI is InChI=1S/C12H16ClN3O/c1-8-5-6-16(7-8)10-4-2-3-9(13)11(10)12(14)15-17/h2-4,8,17H,5-7H2,1H3,(H2,14,15). The maximum absolute atomic E-state index is 8.82. The third-order valence-electron chi connectivity index (χ3n) is 3.12. The molecule has 0 amide bonds. The molecule has 1 aliphatic rings. The van der Waals surface area contributed by atoms with Gasteiger partial charge in [-0.15, -0.1) is 0 Å². The van der Waals surface area contributed by atoms with E-state index in [0.29, 0.717) is 16.5 Å². The van der Waals surface area contributed by atoms with Crippen molar-refractivity contribution in [1.29, 1.82) is 0 Å². The Morgan fingerprint density at radius 3 is 2.94 bits per heavy atom. The van der Waals surface area contributed by atoms with E-state index in [1.165, 1.54) is 0 Å². The Morgan fingerprint density at radius 1 is 1.59 bits per heavy atom. The highest BCUT2D eigenvalue weighted by Gasteiger charge is 2.23. The van der Waals surface area contributed by atoms with Crippen molar-refractivity contribution < 1.29 is 5.21 Å². The Bertz CT molecular complexity index is 447. The normalized spacial score (nSPS) is 20.9. The van der Waals surface area contributed by atoms with E-state index in [9.17, 15) is 0 Å². The number of rotatable bonds is 2. The monoisotopic (exact) mass is 253 g/mol. The number of halogens is 1. The van der Waals surface area contributed by atoms with Crippen LogP contribution in [0, 0.1) is 5.92 Å². The van der Waals surface area contributed by atoms with E-state index in [4.69, 9.17) is 22.5 Å². The molecule has 1 heterocycles. The molecule has 4 nitrogen and oxygen atoms in total. The first kappa shape index (κ1) is 12.0. The SMILES string of the molecule is CC1CCN(c2cccc(Cl)c2C(N)=NO)C1. The van der Waals surface area contributed by atoms with Gasteiger partial charge in [0, 0.05) is 18.8 Å². The van der Waals surface area contributed by atoms with Crippen LogP contribution in [0.4, 0.5) is 5.69 Å². The van der Waals surface area contributed by atoms with E-state index >= 15 is 0 Å². The van der Waals surface area contributed by atoms with Gasteiger partial charge >= 0.3 is 0 Å². The fourth-order valence-corrected chi connectivity index (χ4v) is 2.50. The molecule has 0 bridgehead atoms. The van der Waals surface area contributed by atoms with Crippen LogP contribution in [0.1, 0.15) is 18.9 Å². The Labute approximate surface area is 106 Å². The van der Waals surface area contributed by atoms with Gasteiger partial charge in [-0.2, -0.15) is 0 Å². The van der Waals surface area contributed by atoms with Gasteiger partial charge < -0.3 is 15.8 Å². The van der Waals surface area contributed by atoms with Crippen molar-refractivity contribution in [1.82, 2.24) is 0 Å². The third kappa shape index (κ3) is 2.31. The highest BCUT2D eigenvalue weighted by molar-refractivity contribution is 6.34. The lowest BCUT2D eigenvalue weighted by Crippen LogP contribution is -2.24. The molecule has 5 heteroatoms. The zero-order chi connectivity index (χ0) is 12.4. The molecule has 2 rings (SSSR count). The van der Waals surface area contributed by atoms with Crippen LogP contribution < -0.4 is 10.6 Å². The number of nitrogens with two attached hydrogens (primary N) is 1. The molecule has 1 aliphatic heterocycles. The lowest BCUT2D eigenvalue weighted by molar-refractivity contribution is 0.318. The topological polar surface area (TPSA) is 61.8 Å². The van der Waals surface area contributed by atoms with Crippen LogP contribution >= 0.6 is 11.6 Å². The van der Waals surface area contributed by atoms with Gasteiger partial charge in [-0.05, 0) is 24.5 Å². The third-order valence-corrected chi connectivity index (χ3v) is 3.44. The lowest BCUT2D eigenvalue weighted by Gasteiger charge is -2.22. The van der Waals surface area contributed by atoms with E-state index in [1.807, 2.05) is 12.1 Å². The molecule has 1 aromatic rings. The Kier molecular flexibility index (Phi) is 3.43. The number of hydrogen-bond acceptors (Lipinski definition) is 3. The smallest absolute Gasteiger partial charge is 0.173 e. The second kappa shape index (κ2) is 4.84. The number of nitrogens with zero attached hydrogens (tertiary/aromatic N) is 2. The van der Waals surface area contributed by atoms with Crippen LogP contribution in [-0.4, -0.2) is 24.1 Å². The predicted molar refractivity (Wildman–Crippen MR) is 70.0 cm³/mol. The summed E-state index contributed by atoms with van der Waals surface area (Å²) in [6.45, 7) is 4.17. The van der Waals surface area contributed by atoms with Crippen LogP contribution in [0.5, 0.6) is 0 Å². The molecule has 3 N–H and O–H groups in total. The molecule has 92 valence electrons. The molecule has 0 aliphatic carbocycles. The summed E-state index contributed by atoms with van der Waals surface area (Å²) in [5.41, 5.74) is 7.25. The summed E-state index contributed by atoms with van der Waals surface area (Å²) >= 11 is 6.12. The van der Waals surface area contributed by atoms with Crippen LogP contribution in [0.25, 0.3) is 0 Å². The highest BCUT2D eigenvalue weighted by atomic mass is 35.5. The van der Waals surface area contributed by atoms with Gasteiger partial charge in [0.1, 0.15) is 0 Å². The Morgan fingerprint density at radius 2 is 2.35 bits per heavy atom. The molecule has 1 atom stereocenters. The molecular weight excluding hydrogens is 238 g/mol. The predicted octanol–water partition coefficient (Wildman–Crippen LogP) is 2.28. The van der Waals surface area contributed by atoms with Crippen LogP contribution in [-0.2, 0) is 0 Å². The molecule has 1 unspecified atom stereocenters.